The monoisotopic (exact) mass is 455 g/mol. The maximum Gasteiger partial charge on any atom is 0.0462 e. The third kappa shape index (κ3) is 3.76. The van der Waals surface area contributed by atoms with Crippen molar-refractivity contribution in [1.29, 1.82) is 0 Å². The Morgan fingerprint density at radius 1 is 0.471 bits per heavy atom. The third-order valence-corrected chi connectivity index (χ3v) is 7.57. The molecule has 0 bridgehead atoms. The third-order valence-electron chi connectivity index (χ3n) is 6.42. The Morgan fingerprint density at radius 2 is 0.971 bits per heavy atom. The van der Waals surface area contributed by atoms with Gasteiger partial charge >= 0.3 is 0 Å². The van der Waals surface area contributed by atoms with Crippen LogP contribution in [0.3, 0.4) is 0 Å². The van der Waals surface area contributed by atoms with Crippen LogP contribution in [0.5, 0.6) is 0 Å². The highest BCUT2D eigenvalue weighted by Gasteiger charge is 2.13. The number of hydrogen-bond donors (Lipinski definition) is 0. The Hall–Kier alpha value is -3.88. The fraction of sp³-hybridized carbons (Fsp3) is 0.0625. The van der Waals surface area contributed by atoms with Gasteiger partial charge in [0.25, 0.3) is 0 Å². The van der Waals surface area contributed by atoms with Crippen molar-refractivity contribution in [2.24, 2.45) is 0 Å². The molecule has 0 radical (unpaired) electrons. The lowest BCUT2D eigenvalue weighted by atomic mass is 10.0. The largest absolute Gasteiger partial charge is 0.311 e. The first-order valence-corrected chi connectivity index (χ1v) is 12.4. The van der Waals surface area contributed by atoms with Gasteiger partial charge in [0.1, 0.15) is 0 Å². The zero-order valence-corrected chi connectivity index (χ0v) is 20.1. The fourth-order valence-electron chi connectivity index (χ4n) is 4.54. The van der Waals surface area contributed by atoms with Crippen LogP contribution in [-0.4, -0.2) is 0 Å². The van der Waals surface area contributed by atoms with E-state index in [0.29, 0.717) is 0 Å². The number of benzene rings is 5. The minimum atomic E-state index is 1.15. The lowest BCUT2D eigenvalue weighted by molar-refractivity contribution is 1.27. The van der Waals surface area contributed by atoms with E-state index in [0.717, 1.165) is 17.1 Å². The van der Waals surface area contributed by atoms with Crippen molar-refractivity contribution in [2.45, 2.75) is 13.8 Å². The molecule has 6 rings (SSSR count). The summed E-state index contributed by atoms with van der Waals surface area (Å²) in [6.07, 6.45) is 0. The summed E-state index contributed by atoms with van der Waals surface area (Å²) in [6.45, 7) is 4.25. The molecule has 1 heterocycles. The second kappa shape index (κ2) is 8.48. The van der Waals surface area contributed by atoms with E-state index in [9.17, 15) is 0 Å². The Labute approximate surface area is 204 Å². The first kappa shape index (κ1) is 20.7. The molecule has 164 valence electrons. The fourth-order valence-corrected chi connectivity index (χ4v) is 5.63. The molecule has 1 aromatic heterocycles. The van der Waals surface area contributed by atoms with Gasteiger partial charge in [0, 0.05) is 37.2 Å². The Kier molecular flexibility index (Phi) is 5.16. The summed E-state index contributed by atoms with van der Waals surface area (Å²) in [5.74, 6) is 0. The van der Waals surface area contributed by atoms with Crippen LogP contribution in [-0.2, 0) is 0 Å². The molecule has 5 aromatic carbocycles. The number of aryl methyl sites for hydroxylation is 2. The smallest absolute Gasteiger partial charge is 0.0462 e. The topological polar surface area (TPSA) is 3.24 Å². The summed E-state index contributed by atoms with van der Waals surface area (Å²) < 4.78 is 2.68. The molecule has 1 nitrogen and oxygen atoms in total. The van der Waals surface area contributed by atoms with E-state index < -0.39 is 0 Å². The van der Waals surface area contributed by atoms with Crippen LogP contribution >= 0.6 is 11.3 Å². The molecule has 34 heavy (non-hydrogen) atoms. The van der Waals surface area contributed by atoms with Crippen molar-refractivity contribution < 1.29 is 0 Å². The van der Waals surface area contributed by atoms with Gasteiger partial charge in [0.05, 0.1) is 0 Å². The Morgan fingerprint density at radius 3 is 1.59 bits per heavy atom. The minimum absolute atomic E-state index is 1.15. The van der Waals surface area contributed by atoms with Gasteiger partial charge in [-0.15, -0.1) is 11.3 Å². The molecule has 0 fully saturated rings. The standard InChI is InChI=1S/C32H25NS/c1-22-7-14-26(15-8-22)33(27-16-9-23(2)10-17-27)28-18-11-24(12-19-28)25-13-20-32-30(21-25)29-5-3-4-6-31(29)34-32/h3-21H,1-2H3. The van der Waals surface area contributed by atoms with Crippen LogP contribution in [0, 0.1) is 13.8 Å². The molecule has 0 amide bonds. The quantitative estimate of drug-likeness (QED) is 0.256. The molecule has 6 aromatic rings. The molecule has 0 spiro atoms. The van der Waals surface area contributed by atoms with Gasteiger partial charge in [0.15, 0.2) is 0 Å². The maximum atomic E-state index is 2.33. The average Bonchev–Trinajstić information content (AvgIpc) is 3.25. The molecule has 0 aliphatic rings. The normalized spacial score (nSPS) is 11.2. The van der Waals surface area contributed by atoms with Gasteiger partial charge in [-0.3, -0.25) is 0 Å². The lowest BCUT2D eigenvalue weighted by Gasteiger charge is -2.26. The van der Waals surface area contributed by atoms with Crippen molar-refractivity contribution in [2.75, 3.05) is 4.90 Å². The summed E-state index contributed by atoms with van der Waals surface area (Å²) in [7, 11) is 0. The maximum absolute atomic E-state index is 2.33. The number of rotatable bonds is 4. The van der Waals surface area contributed by atoms with Crippen LogP contribution in [0.4, 0.5) is 17.1 Å². The molecule has 0 aliphatic carbocycles. The highest BCUT2D eigenvalue weighted by atomic mass is 32.1. The van der Waals surface area contributed by atoms with Crippen molar-refractivity contribution in [1.82, 2.24) is 0 Å². The molecule has 0 saturated carbocycles. The van der Waals surface area contributed by atoms with Crippen LogP contribution in [0.25, 0.3) is 31.3 Å². The van der Waals surface area contributed by atoms with E-state index in [1.165, 1.54) is 42.4 Å². The number of thiophene rings is 1. The summed E-state index contributed by atoms with van der Waals surface area (Å²) in [6, 6.07) is 41.9. The van der Waals surface area contributed by atoms with Gasteiger partial charge in [-0.05, 0) is 79.6 Å². The number of anilines is 3. The second-order valence-electron chi connectivity index (χ2n) is 8.86. The zero-order valence-electron chi connectivity index (χ0n) is 19.3. The van der Waals surface area contributed by atoms with Gasteiger partial charge < -0.3 is 4.90 Å². The molecule has 0 N–H and O–H groups in total. The number of fused-ring (bicyclic) bond motifs is 3. The van der Waals surface area contributed by atoms with Crippen molar-refractivity contribution in [3.05, 3.63) is 126 Å². The highest BCUT2D eigenvalue weighted by molar-refractivity contribution is 7.25. The zero-order chi connectivity index (χ0) is 23.1. The summed E-state index contributed by atoms with van der Waals surface area (Å²) in [5, 5.41) is 2.68. The molecular weight excluding hydrogens is 430 g/mol. The van der Waals surface area contributed by atoms with Crippen molar-refractivity contribution in [3.8, 4) is 11.1 Å². The molecule has 0 aliphatic heterocycles. The van der Waals surface area contributed by atoms with Gasteiger partial charge in [-0.2, -0.15) is 0 Å². The van der Waals surface area contributed by atoms with E-state index in [2.05, 4.69) is 134 Å². The average molecular weight is 456 g/mol. The van der Waals surface area contributed by atoms with Gasteiger partial charge in [0.2, 0.25) is 0 Å². The van der Waals surface area contributed by atoms with Gasteiger partial charge in [-0.25, -0.2) is 0 Å². The lowest BCUT2D eigenvalue weighted by Crippen LogP contribution is -2.09. The van der Waals surface area contributed by atoms with E-state index >= 15 is 0 Å². The Bertz CT molecular complexity index is 1550. The SMILES string of the molecule is Cc1ccc(N(c2ccc(C)cc2)c2ccc(-c3ccc4sc5ccccc5c4c3)cc2)cc1. The van der Waals surface area contributed by atoms with E-state index in [1.54, 1.807) is 0 Å². The summed E-state index contributed by atoms with van der Waals surface area (Å²) in [5.41, 5.74) is 8.48. The van der Waals surface area contributed by atoms with Crippen LogP contribution in [0.15, 0.2) is 115 Å². The van der Waals surface area contributed by atoms with E-state index in [-0.39, 0.29) is 0 Å². The van der Waals surface area contributed by atoms with E-state index in [1.807, 2.05) is 11.3 Å². The molecule has 0 saturated heterocycles. The molecule has 2 heteroatoms. The highest BCUT2D eigenvalue weighted by Crippen LogP contribution is 2.38. The van der Waals surface area contributed by atoms with Crippen LogP contribution < -0.4 is 4.90 Å². The summed E-state index contributed by atoms with van der Waals surface area (Å²) in [4.78, 5) is 2.32. The molecular formula is C32H25NS. The predicted octanol–water partition coefficient (Wildman–Crippen LogP) is 9.81. The first-order chi connectivity index (χ1) is 16.7. The molecule has 0 atom stereocenters. The number of hydrogen-bond acceptors (Lipinski definition) is 2. The second-order valence-corrected chi connectivity index (χ2v) is 9.95. The van der Waals surface area contributed by atoms with Crippen LogP contribution in [0.1, 0.15) is 11.1 Å². The van der Waals surface area contributed by atoms with Crippen molar-refractivity contribution in [3.63, 3.8) is 0 Å². The minimum Gasteiger partial charge on any atom is -0.311 e. The summed E-state index contributed by atoms with van der Waals surface area (Å²) >= 11 is 1.86. The van der Waals surface area contributed by atoms with Crippen LogP contribution in [0.2, 0.25) is 0 Å². The number of nitrogens with zero attached hydrogens (tertiary/aromatic N) is 1. The Balaban J connectivity index is 1.41. The predicted molar refractivity (Wildman–Crippen MR) is 149 cm³/mol. The first-order valence-electron chi connectivity index (χ1n) is 11.6. The van der Waals surface area contributed by atoms with E-state index in [4.69, 9.17) is 0 Å². The van der Waals surface area contributed by atoms with Crippen molar-refractivity contribution >= 4 is 48.6 Å². The van der Waals surface area contributed by atoms with Gasteiger partial charge in [-0.1, -0.05) is 71.8 Å². The molecule has 0 unspecified atom stereocenters.